The van der Waals surface area contributed by atoms with E-state index in [1.807, 2.05) is 50.2 Å². The molecule has 3 rings (SSSR count). The van der Waals surface area contributed by atoms with E-state index in [4.69, 9.17) is 4.74 Å². The molecule has 0 saturated carbocycles. The highest BCUT2D eigenvalue weighted by Crippen LogP contribution is 2.31. The van der Waals surface area contributed by atoms with Crippen LogP contribution in [0.3, 0.4) is 0 Å². The van der Waals surface area contributed by atoms with E-state index < -0.39 is 10.0 Å². The SMILES string of the molecule is Cc1cccc(C)c1N(Cc1ccc(C(=O)NCCOc2ccccc2C(C)(C)C)cc1)S(C)(=O)=O. The number of amides is 1. The molecule has 0 aliphatic carbocycles. The van der Waals surface area contributed by atoms with Gasteiger partial charge in [-0.3, -0.25) is 9.10 Å². The van der Waals surface area contributed by atoms with Crippen molar-refractivity contribution in [1.82, 2.24) is 5.32 Å². The molecule has 0 spiro atoms. The summed E-state index contributed by atoms with van der Waals surface area (Å²) in [6.07, 6.45) is 1.21. The van der Waals surface area contributed by atoms with E-state index in [0.717, 1.165) is 28.0 Å². The fourth-order valence-corrected chi connectivity index (χ4v) is 5.13. The van der Waals surface area contributed by atoms with Crippen molar-refractivity contribution in [2.24, 2.45) is 0 Å². The van der Waals surface area contributed by atoms with Gasteiger partial charge in [-0.25, -0.2) is 8.42 Å². The summed E-state index contributed by atoms with van der Waals surface area (Å²) in [5, 5.41) is 2.88. The molecule has 0 fully saturated rings. The Morgan fingerprint density at radius 2 is 1.53 bits per heavy atom. The number of carbonyl (C=O) groups is 1. The molecule has 0 aliphatic rings. The Labute approximate surface area is 215 Å². The van der Waals surface area contributed by atoms with Crippen LogP contribution in [0.1, 0.15) is 53.4 Å². The highest BCUT2D eigenvalue weighted by Gasteiger charge is 2.22. The monoisotopic (exact) mass is 508 g/mol. The molecule has 1 N–H and O–H groups in total. The van der Waals surface area contributed by atoms with E-state index >= 15 is 0 Å². The van der Waals surface area contributed by atoms with Gasteiger partial charge in [0.1, 0.15) is 12.4 Å². The van der Waals surface area contributed by atoms with Crippen molar-refractivity contribution in [1.29, 1.82) is 0 Å². The quantitative estimate of drug-likeness (QED) is 0.394. The molecule has 1 amide bonds. The number of carbonyl (C=O) groups excluding carboxylic acids is 1. The third kappa shape index (κ3) is 6.88. The number of rotatable bonds is 9. The average Bonchev–Trinajstić information content (AvgIpc) is 2.80. The molecule has 36 heavy (non-hydrogen) atoms. The molecular formula is C29H36N2O4S. The lowest BCUT2D eigenvalue weighted by atomic mass is 9.86. The predicted octanol–water partition coefficient (Wildman–Crippen LogP) is 5.38. The number of para-hydroxylation sites is 2. The van der Waals surface area contributed by atoms with Crippen molar-refractivity contribution < 1.29 is 17.9 Å². The summed E-state index contributed by atoms with van der Waals surface area (Å²) in [4.78, 5) is 12.6. The van der Waals surface area contributed by atoms with E-state index in [2.05, 4.69) is 32.2 Å². The number of nitrogens with one attached hydrogen (secondary N) is 1. The molecule has 0 radical (unpaired) electrons. The van der Waals surface area contributed by atoms with E-state index in [9.17, 15) is 13.2 Å². The number of anilines is 1. The zero-order valence-corrected chi connectivity index (χ0v) is 22.8. The maximum atomic E-state index is 12.6. The lowest BCUT2D eigenvalue weighted by Gasteiger charge is -2.26. The molecule has 3 aromatic carbocycles. The Bertz CT molecular complexity index is 1290. The molecule has 3 aromatic rings. The van der Waals surface area contributed by atoms with E-state index in [0.29, 0.717) is 24.4 Å². The Balaban J connectivity index is 1.62. The average molecular weight is 509 g/mol. The molecule has 0 bridgehead atoms. The van der Waals surface area contributed by atoms with Crippen LogP contribution in [-0.2, 0) is 22.0 Å². The van der Waals surface area contributed by atoms with Crippen LogP contribution in [0.4, 0.5) is 5.69 Å². The molecule has 0 aliphatic heterocycles. The van der Waals surface area contributed by atoms with Crippen LogP contribution < -0.4 is 14.4 Å². The minimum absolute atomic E-state index is 0.0355. The van der Waals surface area contributed by atoms with Gasteiger partial charge in [0.2, 0.25) is 10.0 Å². The topological polar surface area (TPSA) is 75.7 Å². The number of aryl methyl sites for hydroxylation is 2. The number of hydrogen-bond donors (Lipinski definition) is 1. The maximum Gasteiger partial charge on any atom is 0.251 e. The van der Waals surface area contributed by atoms with Gasteiger partial charge in [0.15, 0.2) is 0 Å². The van der Waals surface area contributed by atoms with Gasteiger partial charge in [0.25, 0.3) is 5.91 Å². The number of benzene rings is 3. The summed E-state index contributed by atoms with van der Waals surface area (Å²) in [5.41, 5.74) is 4.86. The van der Waals surface area contributed by atoms with Gasteiger partial charge < -0.3 is 10.1 Å². The Morgan fingerprint density at radius 3 is 2.11 bits per heavy atom. The molecular weight excluding hydrogens is 472 g/mol. The van der Waals surface area contributed by atoms with Crippen molar-refractivity contribution in [3.05, 3.63) is 94.5 Å². The lowest BCUT2D eigenvalue weighted by Crippen LogP contribution is -2.31. The predicted molar refractivity (Wildman–Crippen MR) is 146 cm³/mol. The second-order valence-electron chi connectivity index (χ2n) is 10.1. The van der Waals surface area contributed by atoms with Crippen LogP contribution in [0.25, 0.3) is 0 Å². The van der Waals surface area contributed by atoms with Gasteiger partial charge in [-0.05, 0) is 59.7 Å². The Morgan fingerprint density at radius 1 is 0.917 bits per heavy atom. The number of hydrogen-bond acceptors (Lipinski definition) is 4. The van der Waals surface area contributed by atoms with Gasteiger partial charge in [-0.15, -0.1) is 0 Å². The minimum atomic E-state index is -3.50. The van der Waals surface area contributed by atoms with E-state index in [1.165, 1.54) is 10.6 Å². The van der Waals surface area contributed by atoms with Crippen molar-refractivity contribution in [3.8, 4) is 5.75 Å². The molecule has 0 unspecified atom stereocenters. The Kier molecular flexibility index (Phi) is 8.46. The van der Waals surface area contributed by atoms with Crippen LogP contribution >= 0.6 is 0 Å². The van der Waals surface area contributed by atoms with Crippen LogP contribution in [0, 0.1) is 13.8 Å². The number of nitrogens with zero attached hydrogens (tertiary/aromatic N) is 1. The van der Waals surface area contributed by atoms with Crippen LogP contribution in [-0.4, -0.2) is 33.7 Å². The molecule has 192 valence electrons. The fourth-order valence-electron chi connectivity index (χ4n) is 4.13. The smallest absolute Gasteiger partial charge is 0.251 e. The highest BCUT2D eigenvalue weighted by atomic mass is 32.2. The van der Waals surface area contributed by atoms with Crippen LogP contribution in [0.2, 0.25) is 0 Å². The van der Waals surface area contributed by atoms with E-state index in [1.54, 1.807) is 24.3 Å². The first-order chi connectivity index (χ1) is 16.9. The number of ether oxygens (including phenoxy) is 1. The summed E-state index contributed by atoms with van der Waals surface area (Å²) in [6, 6.07) is 20.7. The largest absolute Gasteiger partial charge is 0.491 e. The van der Waals surface area contributed by atoms with Crippen molar-refractivity contribution in [3.63, 3.8) is 0 Å². The van der Waals surface area contributed by atoms with Gasteiger partial charge in [-0.2, -0.15) is 0 Å². The van der Waals surface area contributed by atoms with Gasteiger partial charge in [-0.1, -0.05) is 69.3 Å². The molecule has 6 nitrogen and oxygen atoms in total. The lowest BCUT2D eigenvalue weighted by molar-refractivity contribution is 0.0946. The molecule has 0 atom stereocenters. The summed E-state index contributed by atoms with van der Waals surface area (Å²) >= 11 is 0. The summed E-state index contributed by atoms with van der Waals surface area (Å²) in [7, 11) is -3.50. The second-order valence-corrected chi connectivity index (χ2v) is 12.0. The molecule has 0 heterocycles. The van der Waals surface area contributed by atoms with Gasteiger partial charge in [0.05, 0.1) is 25.0 Å². The first-order valence-electron chi connectivity index (χ1n) is 12.0. The normalized spacial score (nSPS) is 11.7. The minimum Gasteiger partial charge on any atom is -0.491 e. The van der Waals surface area contributed by atoms with Crippen LogP contribution in [0.5, 0.6) is 5.75 Å². The molecule has 0 saturated heterocycles. The zero-order valence-electron chi connectivity index (χ0n) is 22.0. The Hall–Kier alpha value is -3.32. The zero-order chi connectivity index (χ0) is 26.5. The van der Waals surface area contributed by atoms with Crippen molar-refractivity contribution in [2.75, 3.05) is 23.7 Å². The standard InChI is InChI=1S/C29H36N2O4S/c1-21-10-9-11-22(2)27(21)31(36(6,33)34)20-23-14-16-24(17-15-23)28(32)30-18-19-35-26-13-8-7-12-25(26)29(3,4)5/h7-17H,18-20H2,1-6H3,(H,30,32). The van der Waals surface area contributed by atoms with Crippen molar-refractivity contribution in [2.45, 2.75) is 46.6 Å². The summed E-state index contributed by atoms with van der Waals surface area (Å²) in [5.74, 6) is 0.617. The van der Waals surface area contributed by atoms with Crippen LogP contribution in [0.15, 0.2) is 66.7 Å². The summed E-state index contributed by atoms with van der Waals surface area (Å²) < 4.78 is 32.5. The third-order valence-corrected chi connectivity index (χ3v) is 7.08. The third-order valence-electron chi connectivity index (χ3n) is 5.97. The molecule has 7 heteroatoms. The number of sulfonamides is 1. The highest BCUT2D eigenvalue weighted by molar-refractivity contribution is 7.92. The first-order valence-corrected chi connectivity index (χ1v) is 13.9. The second kappa shape index (κ2) is 11.2. The summed E-state index contributed by atoms with van der Waals surface area (Å²) in [6.45, 7) is 11.1. The molecule has 0 aromatic heterocycles. The van der Waals surface area contributed by atoms with Gasteiger partial charge in [0, 0.05) is 5.56 Å². The van der Waals surface area contributed by atoms with Crippen molar-refractivity contribution >= 4 is 21.6 Å². The van der Waals surface area contributed by atoms with Gasteiger partial charge >= 0.3 is 0 Å². The maximum absolute atomic E-state index is 12.6. The van der Waals surface area contributed by atoms with E-state index in [-0.39, 0.29) is 17.9 Å². The first kappa shape index (κ1) is 27.3. The fraction of sp³-hybridized carbons (Fsp3) is 0.345.